The first kappa shape index (κ1) is 19.5. The van der Waals surface area contributed by atoms with Gasteiger partial charge in [-0.05, 0) is 50.6 Å². The van der Waals surface area contributed by atoms with E-state index in [4.69, 9.17) is 0 Å². The zero-order chi connectivity index (χ0) is 19.1. The molecule has 1 aromatic carbocycles. The van der Waals surface area contributed by atoms with Crippen molar-refractivity contribution in [3.63, 3.8) is 0 Å². The van der Waals surface area contributed by atoms with E-state index >= 15 is 0 Å². The minimum Gasteiger partial charge on any atom is -0.339 e. The molecule has 0 N–H and O–H groups in total. The fraction of sp³-hybridized carbons (Fsp3) is 0.500. The molecule has 0 spiro atoms. The molecule has 0 aliphatic carbocycles. The van der Waals surface area contributed by atoms with Gasteiger partial charge in [0.15, 0.2) is 0 Å². The molecule has 1 atom stereocenters. The molecule has 144 valence electrons. The molecule has 2 aromatic rings. The van der Waals surface area contributed by atoms with E-state index in [1.54, 1.807) is 23.5 Å². The Bertz CT molecular complexity index is 709. The molecule has 0 saturated carbocycles. The quantitative estimate of drug-likeness (QED) is 0.784. The van der Waals surface area contributed by atoms with Crippen molar-refractivity contribution in [2.24, 2.45) is 0 Å². The summed E-state index contributed by atoms with van der Waals surface area (Å²) < 4.78 is 0. The summed E-state index contributed by atoms with van der Waals surface area (Å²) in [7, 11) is 1.86. The van der Waals surface area contributed by atoms with Gasteiger partial charge in [0.2, 0.25) is 0 Å². The number of rotatable bonds is 6. The van der Waals surface area contributed by atoms with Gasteiger partial charge in [0.05, 0.1) is 5.69 Å². The third kappa shape index (κ3) is 5.60. The minimum absolute atomic E-state index is 0.0488. The average Bonchev–Trinajstić information content (AvgIpc) is 2.97. The predicted molar refractivity (Wildman–Crippen MR) is 107 cm³/mol. The van der Waals surface area contributed by atoms with Crippen molar-refractivity contribution in [2.45, 2.75) is 51.6 Å². The molecular weight excluding hydrogens is 336 g/mol. The number of nitrogens with zero attached hydrogens (tertiary/aromatic N) is 4. The summed E-state index contributed by atoms with van der Waals surface area (Å²) in [5.41, 5.74) is 2.92. The van der Waals surface area contributed by atoms with Crippen molar-refractivity contribution in [1.29, 1.82) is 0 Å². The fourth-order valence-corrected chi connectivity index (χ4v) is 3.58. The summed E-state index contributed by atoms with van der Waals surface area (Å²) in [5.74, 6) is 0.0488. The Balaban J connectivity index is 1.57. The summed E-state index contributed by atoms with van der Waals surface area (Å²) >= 11 is 0. The van der Waals surface area contributed by atoms with E-state index in [0.29, 0.717) is 6.42 Å². The van der Waals surface area contributed by atoms with Gasteiger partial charge >= 0.3 is 0 Å². The van der Waals surface area contributed by atoms with Crippen molar-refractivity contribution in [2.75, 3.05) is 20.1 Å². The second-order valence-electron chi connectivity index (χ2n) is 7.55. The zero-order valence-corrected chi connectivity index (χ0v) is 16.5. The third-order valence-electron chi connectivity index (χ3n) is 5.41. The van der Waals surface area contributed by atoms with Crippen LogP contribution in [0.4, 0.5) is 0 Å². The average molecular weight is 367 g/mol. The van der Waals surface area contributed by atoms with Crippen LogP contribution in [0, 0.1) is 0 Å². The maximum atomic E-state index is 12.8. The molecule has 1 saturated heterocycles. The van der Waals surface area contributed by atoms with Gasteiger partial charge in [0, 0.05) is 50.2 Å². The van der Waals surface area contributed by atoms with Crippen LogP contribution < -0.4 is 0 Å². The van der Waals surface area contributed by atoms with Crippen LogP contribution in [-0.2, 0) is 13.0 Å². The maximum absolute atomic E-state index is 12.8. The Morgan fingerprint density at radius 2 is 1.81 bits per heavy atom. The highest BCUT2D eigenvalue weighted by atomic mass is 16.2. The van der Waals surface area contributed by atoms with Crippen molar-refractivity contribution < 1.29 is 4.79 Å². The molecule has 1 aliphatic rings. The van der Waals surface area contributed by atoms with Gasteiger partial charge < -0.3 is 4.90 Å². The molecular formula is C22H30N4O. The molecule has 0 bridgehead atoms. The fourth-order valence-electron chi connectivity index (χ4n) is 3.58. The highest BCUT2D eigenvalue weighted by Crippen LogP contribution is 2.15. The number of likely N-dealkylation sites (N-methyl/N-ethyl adjacent to an activating group) is 1. The van der Waals surface area contributed by atoms with Crippen molar-refractivity contribution >= 4 is 5.91 Å². The number of hydrogen-bond donors (Lipinski definition) is 0. The van der Waals surface area contributed by atoms with Crippen LogP contribution in [0.15, 0.2) is 42.9 Å². The van der Waals surface area contributed by atoms with E-state index in [2.05, 4.69) is 27.0 Å². The first-order valence-corrected chi connectivity index (χ1v) is 9.97. The number of carbonyl (C=O) groups is 1. The monoisotopic (exact) mass is 366 g/mol. The summed E-state index contributed by atoms with van der Waals surface area (Å²) in [6, 6.07) is 8.17. The lowest BCUT2D eigenvalue weighted by molar-refractivity contribution is 0.0743. The second-order valence-corrected chi connectivity index (χ2v) is 7.55. The molecule has 1 amide bonds. The molecule has 1 fully saturated rings. The van der Waals surface area contributed by atoms with Crippen LogP contribution in [0.1, 0.15) is 54.2 Å². The Morgan fingerprint density at radius 1 is 1.11 bits per heavy atom. The highest BCUT2D eigenvalue weighted by Gasteiger charge is 2.18. The molecule has 1 aromatic heterocycles. The Labute approximate surface area is 162 Å². The van der Waals surface area contributed by atoms with Crippen molar-refractivity contribution in [3.8, 4) is 0 Å². The molecule has 1 aliphatic heterocycles. The lowest BCUT2D eigenvalue weighted by Crippen LogP contribution is -2.36. The Kier molecular flexibility index (Phi) is 6.93. The standard InChI is InChI=1S/C22H30N4O/c1-18(15-21-16-23-11-12-24-21)25(2)22(27)20-9-7-19(8-10-20)17-26-13-5-3-4-6-14-26/h7-12,16,18H,3-6,13-15,17H2,1-2H3/t18-/m0/s1. The number of carbonyl (C=O) groups excluding carboxylic acids is 1. The van der Waals surface area contributed by atoms with Crippen molar-refractivity contribution in [3.05, 3.63) is 59.7 Å². The summed E-state index contributed by atoms with van der Waals surface area (Å²) in [6.07, 6.45) is 11.1. The number of likely N-dealkylation sites (tertiary alicyclic amines) is 1. The van der Waals surface area contributed by atoms with Gasteiger partial charge in [-0.2, -0.15) is 0 Å². The summed E-state index contributed by atoms with van der Waals surface area (Å²) in [4.78, 5) is 25.5. The van der Waals surface area contributed by atoms with Crippen molar-refractivity contribution in [1.82, 2.24) is 19.8 Å². The topological polar surface area (TPSA) is 49.3 Å². The van der Waals surface area contributed by atoms with Gasteiger partial charge in [0.25, 0.3) is 5.91 Å². The largest absolute Gasteiger partial charge is 0.339 e. The van der Waals surface area contributed by atoms with Gasteiger partial charge in [0.1, 0.15) is 0 Å². The first-order chi connectivity index (χ1) is 13.1. The van der Waals surface area contributed by atoms with Crippen LogP contribution in [0.5, 0.6) is 0 Å². The van der Waals surface area contributed by atoms with Gasteiger partial charge in [-0.25, -0.2) is 0 Å². The predicted octanol–water partition coefficient (Wildman–Crippen LogP) is 3.56. The van der Waals surface area contributed by atoms with Crippen LogP contribution in [0.3, 0.4) is 0 Å². The summed E-state index contributed by atoms with van der Waals surface area (Å²) in [6.45, 7) is 5.39. The van der Waals surface area contributed by atoms with Crippen LogP contribution in [-0.4, -0.2) is 51.9 Å². The molecule has 5 nitrogen and oxygen atoms in total. The van der Waals surface area contributed by atoms with E-state index in [1.165, 1.54) is 44.3 Å². The Morgan fingerprint density at radius 3 is 2.44 bits per heavy atom. The molecule has 27 heavy (non-hydrogen) atoms. The van der Waals surface area contributed by atoms with E-state index in [1.807, 2.05) is 26.1 Å². The molecule has 5 heteroatoms. The maximum Gasteiger partial charge on any atom is 0.253 e. The van der Waals surface area contributed by atoms with E-state index in [0.717, 1.165) is 17.8 Å². The molecule has 0 unspecified atom stereocenters. The van der Waals surface area contributed by atoms with Crippen LogP contribution in [0.25, 0.3) is 0 Å². The van der Waals surface area contributed by atoms with Crippen LogP contribution in [0.2, 0.25) is 0 Å². The number of amides is 1. The number of aromatic nitrogens is 2. The first-order valence-electron chi connectivity index (χ1n) is 9.97. The van der Waals surface area contributed by atoms with Gasteiger partial charge in [-0.3, -0.25) is 19.7 Å². The molecule has 0 radical (unpaired) electrons. The highest BCUT2D eigenvalue weighted by molar-refractivity contribution is 5.94. The van der Waals surface area contributed by atoms with Gasteiger partial charge in [-0.15, -0.1) is 0 Å². The molecule has 3 rings (SSSR count). The molecule has 2 heterocycles. The normalized spacial score (nSPS) is 16.5. The van der Waals surface area contributed by atoms with E-state index in [-0.39, 0.29) is 11.9 Å². The van der Waals surface area contributed by atoms with Gasteiger partial charge in [-0.1, -0.05) is 25.0 Å². The summed E-state index contributed by atoms with van der Waals surface area (Å²) in [5, 5.41) is 0. The van der Waals surface area contributed by atoms with E-state index < -0.39 is 0 Å². The lowest BCUT2D eigenvalue weighted by Gasteiger charge is -2.25. The lowest BCUT2D eigenvalue weighted by atomic mass is 10.1. The smallest absolute Gasteiger partial charge is 0.253 e. The number of benzene rings is 1. The number of hydrogen-bond acceptors (Lipinski definition) is 4. The van der Waals surface area contributed by atoms with Crippen LogP contribution >= 0.6 is 0 Å². The van der Waals surface area contributed by atoms with E-state index in [9.17, 15) is 4.79 Å². The SMILES string of the molecule is C[C@@H](Cc1cnccn1)N(C)C(=O)c1ccc(CN2CCCCCC2)cc1. The Hall–Kier alpha value is -2.27. The minimum atomic E-state index is 0.0488. The third-order valence-corrected chi connectivity index (χ3v) is 5.41. The zero-order valence-electron chi connectivity index (χ0n) is 16.5. The second kappa shape index (κ2) is 9.60.